The van der Waals surface area contributed by atoms with Crippen LogP contribution in [0.1, 0.15) is 54.4 Å². The van der Waals surface area contributed by atoms with E-state index in [1.165, 1.54) is 0 Å². The molecule has 0 bridgehead atoms. The lowest BCUT2D eigenvalue weighted by Gasteiger charge is -2.27. The molecule has 0 spiro atoms. The Hall–Kier alpha value is -4.35. The number of rotatable bonds is 11. The van der Waals surface area contributed by atoms with Gasteiger partial charge in [-0.15, -0.1) is 0 Å². The second kappa shape index (κ2) is 13.3. The molecule has 3 aromatic rings. The molecule has 0 fully saturated rings. The van der Waals surface area contributed by atoms with Crippen molar-refractivity contribution in [1.29, 1.82) is 5.26 Å². The van der Waals surface area contributed by atoms with E-state index in [9.17, 15) is 10.1 Å². The standard InChI is InChI=1S/C32H33ClN2O6/c1-5-6-7-12-38-26-11-8-21(15-28(26)37-4)30-24-10-9-22(16-27(24)41-32(35)25(30)17-34)40-29(36)18-39-23-13-19(2)31(33)20(3)14-23/h8-11,13-16,30H,5-7,12,18,35H2,1-4H3. The first-order valence-corrected chi connectivity index (χ1v) is 13.8. The Morgan fingerprint density at radius 1 is 1.02 bits per heavy atom. The number of allylic oxidation sites excluding steroid dienone is 1. The molecule has 1 atom stereocenters. The van der Waals surface area contributed by atoms with Crippen LogP contribution in [0.5, 0.6) is 28.7 Å². The third-order valence-corrected chi connectivity index (χ3v) is 7.31. The number of nitrogens with two attached hydrogens (primary N) is 1. The summed E-state index contributed by atoms with van der Waals surface area (Å²) in [6.45, 7) is 6.16. The van der Waals surface area contributed by atoms with Crippen molar-refractivity contribution < 1.29 is 28.5 Å². The van der Waals surface area contributed by atoms with Gasteiger partial charge in [-0.05, 0) is 67.3 Å². The molecular formula is C32H33ClN2O6. The Kier molecular flexibility index (Phi) is 9.64. The molecule has 214 valence electrons. The fraction of sp³-hybridized carbons (Fsp3) is 0.312. The number of halogens is 1. The normalized spacial score (nSPS) is 14.0. The second-order valence-corrected chi connectivity index (χ2v) is 10.1. The van der Waals surface area contributed by atoms with E-state index in [1.54, 1.807) is 37.4 Å². The maximum absolute atomic E-state index is 12.5. The van der Waals surface area contributed by atoms with Crippen LogP contribution in [0.15, 0.2) is 60.0 Å². The third kappa shape index (κ3) is 6.87. The van der Waals surface area contributed by atoms with E-state index < -0.39 is 11.9 Å². The van der Waals surface area contributed by atoms with E-state index in [1.807, 2.05) is 32.0 Å². The minimum Gasteiger partial charge on any atom is -0.493 e. The summed E-state index contributed by atoms with van der Waals surface area (Å²) < 4.78 is 28.4. The number of hydrogen-bond acceptors (Lipinski definition) is 8. The molecule has 0 amide bonds. The number of esters is 1. The van der Waals surface area contributed by atoms with Crippen molar-refractivity contribution in [3.8, 4) is 34.8 Å². The average molecular weight is 577 g/mol. The van der Waals surface area contributed by atoms with Crippen LogP contribution < -0.4 is 29.4 Å². The molecule has 8 nitrogen and oxygen atoms in total. The molecular weight excluding hydrogens is 544 g/mol. The lowest BCUT2D eigenvalue weighted by molar-refractivity contribution is -0.136. The summed E-state index contributed by atoms with van der Waals surface area (Å²) in [6, 6.07) is 16.2. The van der Waals surface area contributed by atoms with Crippen molar-refractivity contribution in [2.75, 3.05) is 20.3 Å². The Labute approximate surface area is 245 Å². The van der Waals surface area contributed by atoms with Crippen molar-refractivity contribution in [2.24, 2.45) is 5.73 Å². The summed E-state index contributed by atoms with van der Waals surface area (Å²) in [5.74, 6) is 1.20. The van der Waals surface area contributed by atoms with Gasteiger partial charge in [0, 0.05) is 16.7 Å². The summed E-state index contributed by atoms with van der Waals surface area (Å²) in [7, 11) is 1.57. The molecule has 9 heteroatoms. The lowest BCUT2D eigenvalue weighted by atomic mass is 9.83. The van der Waals surface area contributed by atoms with Gasteiger partial charge in [0.1, 0.15) is 28.9 Å². The fourth-order valence-electron chi connectivity index (χ4n) is 4.65. The van der Waals surface area contributed by atoms with Gasteiger partial charge in [0.05, 0.1) is 19.6 Å². The van der Waals surface area contributed by atoms with Crippen LogP contribution in [0, 0.1) is 25.2 Å². The van der Waals surface area contributed by atoms with Gasteiger partial charge in [-0.1, -0.05) is 43.5 Å². The molecule has 0 saturated heterocycles. The zero-order valence-electron chi connectivity index (χ0n) is 23.6. The smallest absolute Gasteiger partial charge is 0.349 e. The Bertz CT molecular complexity index is 1490. The second-order valence-electron chi connectivity index (χ2n) is 9.72. The van der Waals surface area contributed by atoms with Gasteiger partial charge in [-0.2, -0.15) is 5.26 Å². The van der Waals surface area contributed by atoms with E-state index in [2.05, 4.69) is 13.0 Å². The van der Waals surface area contributed by atoms with Gasteiger partial charge in [0.2, 0.25) is 5.88 Å². The van der Waals surface area contributed by atoms with Crippen LogP contribution in [0.2, 0.25) is 5.02 Å². The number of benzene rings is 3. The summed E-state index contributed by atoms with van der Waals surface area (Å²) in [4.78, 5) is 12.5. The van der Waals surface area contributed by atoms with E-state index >= 15 is 0 Å². The highest BCUT2D eigenvalue weighted by molar-refractivity contribution is 6.32. The van der Waals surface area contributed by atoms with Crippen LogP contribution in [0.25, 0.3) is 0 Å². The summed E-state index contributed by atoms with van der Waals surface area (Å²) in [5.41, 5.74) is 9.61. The summed E-state index contributed by atoms with van der Waals surface area (Å²) in [5, 5.41) is 10.6. The number of carbonyl (C=O) groups is 1. The Balaban J connectivity index is 1.53. The highest BCUT2D eigenvalue weighted by Gasteiger charge is 2.32. The molecule has 1 aliphatic heterocycles. The van der Waals surface area contributed by atoms with Crippen molar-refractivity contribution in [3.63, 3.8) is 0 Å². The van der Waals surface area contributed by atoms with Crippen LogP contribution in [0.4, 0.5) is 0 Å². The van der Waals surface area contributed by atoms with E-state index in [0.717, 1.165) is 36.0 Å². The first kappa shape index (κ1) is 29.6. The van der Waals surface area contributed by atoms with E-state index in [-0.39, 0.29) is 23.8 Å². The first-order valence-electron chi connectivity index (χ1n) is 13.4. The third-order valence-electron chi connectivity index (χ3n) is 6.72. The molecule has 0 aromatic heterocycles. The largest absolute Gasteiger partial charge is 0.493 e. The van der Waals surface area contributed by atoms with Gasteiger partial charge >= 0.3 is 5.97 Å². The van der Waals surface area contributed by atoms with Crippen LogP contribution >= 0.6 is 11.6 Å². The molecule has 2 N–H and O–H groups in total. The van der Waals surface area contributed by atoms with Crippen LogP contribution in [-0.2, 0) is 4.79 Å². The Morgan fingerprint density at radius 3 is 2.46 bits per heavy atom. The molecule has 1 heterocycles. The van der Waals surface area contributed by atoms with Crippen molar-refractivity contribution in [2.45, 2.75) is 46.0 Å². The molecule has 0 radical (unpaired) electrons. The van der Waals surface area contributed by atoms with Crippen LogP contribution in [0.3, 0.4) is 0 Å². The number of methoxy groups -OCH3 is 1. The van der Waals surface area contributed by atoms with Gasteiger partial charge in [0.15, 0.2) is 18.1 Å². The molecule has 3 aromatic carbocycles. The monoisotopic (exact) mass is 576 g/mol. The van der Waals surface area contributed by atoms with Gasteiger partial charge in [0.25, 0.3) is 0 Å². The number of nitriles is 1. The van der Waals surface area contributed by atoms with Crippen molar-refractivity contribution in [1.82, 2.24) is 0 Å². The number of nitrogens with zero attached hydrogens (tertiary/aromatic N) is 1. The highest BCUT2D eigenvalue weighted by atomic mass is 35.5. The maximum Gasteiger partial charge on any atom is 0.349 e. The number of unbranched alkanes of at least 4 members (excludes halogenated alkanes) is 2. The van der Waals surface area contributed by atoms with E-state index in [0.29, 0.717) is 40.2 Å². The number of carbonyl (C=O) groups excluding carboxylic acids is 1. The number of aryl methyl sites for hydroxylation is 2. The summed E-state index contributed by atoms with van der Waals surface area (Å²) in [6.07, 6.45) is 3.14. The number of hydrogen-bond donors (Lipinski definition) is 1. The minimum absolute atomic E-state index is 0.0239. The summed E-state index contributed by atoms with van der Waals surface area (Å²) >= 11 is 6.20. The minimum atomic E-state index is -0.594. The van der Waals surface area contributed by atoms with Crippen molar-refractivity contribution >= 4 is 17.6 Å². The average Bonchev–Trinajstić information content (AvgIpc) is 2.96. The van der Waals surface area contributed by atoms with Crippen LogP contribution in [-0.4, -0.2) is 26.3 Å². The van der Waals surface area contributed by atoms with Crippen molar-refractivity contribution in [3.05, 3.63) is 87.3 Å². The topological polar surface area (TPSA) is 113 Å². The Morgan fingerprint density at radius 2 is 1.78 bits per heavy atom. The molecule has 1 unspecified atom stereocenters. The molecule has 0 aliphatic carbocycles. The maximum atomic E-state index is 12.5. The molecule has 41 heavy (non-hydrogen) atoms. The zero-order valence-corrected chi connectivity index (χ0v) is 24.3. The SMILES string of the molecule is CCCCCOc1ccc(C2C(C#N)=C(N)Oc3cc(OC(=O)COc4cc(C)c(Cl)c(C)c4)ccc32)cc1OC. The molecule has 0 saturated carbocycles. The number of ether oxygens (including phenoxy) is 5. The van der Waals surface area contributed by atoms with Gasteiger partial charge < -0.3 is 29.4 Å². The van der Waals surface area contributed by atoms with Gasteiger partial charge in [-0.25, -0.2) is 4.79 Å². The highest BCUT2D eigenvalue weighted by Crippen LogP contribution is 2.45. The van der Waals surface area contributed by atoms with Gasteiger partial charge in [-0.3, -0.25) is 0 Å². The zero-order chi connectivity index (χ0) is 29.5. The first-order chi connectivity index (χ1) is 19.7. The van der Waals surface area contributed by atoms with E-state index in [4.69, 9.17) is 41.0 Å². The molecule has 1 aliphatic rings. The predicted octanol–water partition coefficient (Wildman–Crippen LogP) is 6.74. The lowest BCUT2D eigenvalue weighted by Crippen LogP contribution is -2.22. The fourth-order valence-corrected chi connectivity index (χ4v) is 4.76. The predicted molar refractivity (Wildman–Crippen MR) is 156 cm³/mol. The number of fused-ring (bicyclic) bond motifs is 1. The molecule has 4 rings (SSSR count). The quantitative estimate of drug-likeness (QED) is 0.152.